The summed E-state index contributed by atoms with van der Waals surface area (Å²) in [6.45, 7) is -0.792. The Labute approximate surface area is 172 Å². The molecule has 1 fully saturated rings. The molecule has 17 nitrogen and oxygen atoms in total. The molecule has 0 saturated carbocycles. The van der Waals surface area contributed by atoms with Crippen molar-refractivity contribution in [3.05, 3.63) is 18.1 Å². The highest BCUT2D eigenvalue weighted by Crippen LogP contribution is 2.66. The molecular weight excluding hydrogens is 487 g/mol. The molecule has 1 aliphatic rings. The first-order valence-corrected chi connectivity index (χ1v) is 12.7. The fourth-order valence-corrected chi connectivity index (χ4v) is 5.76. The number of ether oxygens (including phenoxy) is 1. The number of phosphoric ester groups is 1. The molecular formula is C11H18N5O12P3. The Hall–Kier alpha value is -1.32. The molecule has 0 radical (unpaired) electrons. The van der Waals surface area contributed by atoms with E-state index in [2.05, 4.69) is 23.1 Å². The molecule has 0 amide bonds. The number of aliphatic hydroxyl groups is 1. The molecule has 3 rings (SSSR count). The minimum Gasteiger partial charge on any atom is -0.390 e. The second kappa shape index (κ2) is 8.56. The van der Waals surface area contributed by atoms with Crippen molar-refractivity contribution < 1.29 is 56.3 Å². The third-order valence-corrected chi connectivity index (χ3v) is 7.83. The topological polar surface area (TPSA) is 249 Å². The number of hydrogen-bond donors (Lipinski definition) is 6. The summed E-state index contributed by atoms with van der Waals surface area (Å²) in [5.74, 6) is 0. The molecule has 3 heterocycles. The van der Waals surface area contributed by atoms with E-state index in [1.54, 1.807) is 7.05 Å². The van der Waals surface area contributed by atoms with Crippen LogP contribution in [-0.2, 0) is 38.6 Å². The van der Waals surface area contributed by atoms with E-state index in [1.807, 2.05) is 0 Å². The highest BCUT2D eigenvalue weighted by molar-refractivity contribution is 7.66. The number of fused-ring (bicyclic) bond motifs is 1. The standard InChI is InChI=1S/C11H18N5O12P3/c1-15-4-14-11-9(10(15)12)13-5-16(11)8-2-6(17)7(26-8)3-25-30(21,22)28-31(23,24)27-29(18,19)20/h4-8,12,17H,2-3H2,1H3,(H,21,22)(H,23,24)(H2,18,19,20). The van der Waals surface area contributed by atoms with Crippen LogP contribution >= 0.6 is 23.5 Å². The number of hydrogen-bond acceptors (Lipinski definition) is 11. The number of phosphoric acid groups is 3. The zero-order valence-corrected chi connectivity index (χ0v) is 18.2. The lowest BCUT2D eigenvalue weighted by atomic mass is 10.2. The van der Waals surface area contributed by atoms with E-state index in [9.17, 15) is 23.7 Å². The van der Waals surface area contributed by atoms with E-state index in [-0.39, 0.29) is 17.4 Å². The second-order valence-corrected chi connectivity index (χ2v) is 10.8. The van der Waals surface area contributed by atoms with Crippen LogP contribution in [0.3, 0.4) is 0 Å². The number of imidazole rings is 1. The maximum atomic E-state index is 11.8. The van der Waals surface area contributed by atoms with Crippen LogP contribution in [0.1, 0.15) is 12.6 Å². The van der Waals surface area contributed by atoms with Crippen LogP contribution in [0.4, 0.5) is 0 Å². The van der Waals surface area contributed by atoms with Gasteiger partial charge in [-0.2, -0.15) is 8.62 Å². The Balaban J connectivity index is 1.66. The largest absolute Gasteiger partial charge is 0.490 e. The van der Waals surface area contributed by atoms with Gasteiger partial charge < -0.3 is 34.0 Å². The summed E-state index contributed by atoms with van der Waals surface area (Å²) >= 11 is 0. The summed E-state index contributed by atoms with van der Waals surface area (Å²) in [4.78, 5) is 43.9. The molecule has 0 spiro atoms. The van der Waals surface area contributed by atoms with E-state index < -0.39 is 48.5 Å². The van der Waals surface area contributed by atoms with E-state index in [1.165, 1.54) is 21.8 Å². The number of aromatic nitrogens is 4. The van der Waals surface area contributed by atoms with Gasteiger partial charge in [-0.25, -0.2) is 23.7 Å². The van der Waals surface area contributed by atoms with Crippen LogP contribution in [0.15, 0.2) is 12.7 Å². The highest BCUT2D eigenvalue weighted by Gasteiger charge is 2.43. The lowest BCUT2D eigenvalue weighted by molar-refractivity contribution is -0.0423. The van der Waals surface area contributed by atoms with Gasteiger partial charge in [0.15, 0.2) is 11.1 Å². The normalized spacial score (nSPS) is 26.1. The van der Waals surface area contributed by atoms with Crippen molar-refractivity contribution in [1.82, 2.24) is 19.1 Å². The summed E-state index contributed by atoms with van der Waals surface area (Å²) < 4.78 is 53.9. The molecule has 5 unspecified atom stereocenters. The zero-order chi connectivity index (χ0) is 23.2. The van der Waals surface area contributed by atoms with Crippen LogP contribution in [-0.4, -0.2) is 62.6 Å². The maximum Gasteiger partial charge on any atom is 0.490 e. The SMILES string of the molecule is Cn1cnc2c(ncn2C2CC(O)C(COP(=O)(O)OP(=O)(O)OP(=O)(O)O)O2)c1=N. The highest BCUT2D eigenvalue weighted by atomic mass is 31.3. The molecule has 174 valence electrons. The molecule has 5 atom stereocenters. The van der Waals surface area contributed by atoms with Crippen molar-refractivity contribution in [2.24, 2.45) is 7.05 Å². The van der Waals surface area contributed by atoms with E-state index in [0.717, 1.165) is 0 Å². The Kier molecular flexibility index (Phi) is 6.71. The van der Waals surface area contributed by atoms with Crippen LogP contribution in [0, 0.1) is 5.41 Å². The van der Waals surface area contributed by atoms with Crippen LogP contribution in [0.5, 0.6) is 0 Å². The van der Waals surface area contributed by atoms with E-state index in [4.69, 9.17) is 24.8 Å². The number of nitrogens with zero attached hydrogens (tertiary/aromatic N) is 4. The first-order chi connectivity index (χ1) is 14.2. The maximum absolute atomic E-state index is 11.8. The van der Waals surface area contributed by atoms with Gasteiger partial charge >= 0.3 is 23.5 Å². The molecule has 31 heavy (non-hydrogen) atoms. The average Bonchev–Trinajstić information content (AvgIpc) is 3.17. The molecule has 6 N–H and O–H groups in total. The first-order valence-electron chi connectivity index (χ1n) is 8.22. The summed E-state index contributed by atoms with van der Waals surface area (Å²) in [5, 5.41) is 18.1. The van der Waals surface area contributed by atoms with Gasteiger partial charge in [-0.15, -0.1) is 0 Å². The lowest BCUT2D eigenvalue weighted by Gasteiger charge is -2.19. The molecule has 0 bridgehead atoms. The van der Waals surface area contributed by atoms with Gasteiger partial charge in [-0.05, 0) is 0 Å². The van der Waals surface area contributed by atoms with Crippen molar-refractivity contribution in [2.45, 2.75) is 24.9 Å². The van der Waals surface area contributed by atoms with Gasteiger partial charge in [-0.3, -0.25) is 14.5 Å². The quantitative estimate of drug-likeness (QED) is 0.241. The zero-order valence-electron chi connectivity index (χ0n) is 15.5. The molecule has 0 aromatic carbocycles. The Morgan fingerprint density at radius 2 is 1.84 bits per heavy atom. The summed E-state index contributed by atoms with van der Waals surface area (Å²) in [7, 11) is -14.9. The molecule has 1 saturated heterocycles. The van der Waals surface area contributed by atoms with Crippen LogP contribution < -0.4 is 5.49 Å². The predicted molar refractivity (Wildman–Crippen MR) is 96.7 cm³/mol. The lowest BCUT2D eigenvalue weighted by Crippen LogP contribution is -2.26. The van der Waals surface area contributed by atoms with Gasteiger partial charge in [0.05, 0.1) is 25.4 Å². The Morgan fingerprint density at radius 3 is 2.48 bits per heavy atom. The second-order valence-electron chi connectivity index (χ2n) is 6.35. The van der Waals surface area contributed by atoms with Gasteiger partial charge in [0.25, 0.3) is 0 Å². The molecule has 1 aliphatic heterocycles. The van der Waals surface area contributed by atoms with Crippen molar-refractivity contribution >= 4 is 34.6 Å². The Morgan fingerprint density at radius 1 is 1.16 bits per heavy atom. The van der Waals surface area contributed by atoms with Gasteiger partial charge in [0, 0.05) is 13.5 Å². The van der Waals surface area contributed by atoms with Crippen molar-refractivity contribution in [3.63, 3.8) is 0 Å². The van der Waals surface area contributed by atoms with Gasteiger partial charge in [-0.1, -0.05) is 0 Å². The molecule has 20 heteroatoms. The van der Waals surface area contributed by atoms with Crippen LogP contribution in [0.25, 0.3) is 11.2 Å². The van der Waals surface area contributed by atoms with E-state index in [0.29, 0.717) is 5.65 Å². The number of aliphatic hydroxyl groups excluding tert-OH is 1. The third-order valence-electron chi connectivity index (χ3n) is 4.03. The molecule has 2 aromatic heterocycles. The minimum absolute atomic E-state index is 0.00802. The van der Waals surface area contributed by atoms with Crippen LogP contribution in [0.2, 0.25) is 0 Å². The van der Waals surface area contributed by atoms with Gasteiger partial charge in [0.2, 0.25) is 0 Å². The first kappa shape index (κ1) is 24.3. The third kappa shape index (κ3) is 5.93. The minimum atomic E-state index is -5.64. The summed E-state index contributed by atoms with van der Waals surface area (Å²) in [6.07, 6.45) is -0.494. The van der Waals surface area contributed by atoms with E-state index >= 15 is 0 Å². The number of rotatable bonds is 8. The summed E-state index contributed by atoms with van der Waals surface area (Å²) in [5.41, 5.74) is 0.667. The molecule has 2 aromatic rings. The average molecular weight is 505 g/mol. The predicted octanol–water partition coefficient (Wildman–Crippen LogP) is -0.759. The fourth-order valence-electron chi connectivity index (χ4n) is 2.73. The summed E-state index contributed by atoms with van der Waals surface area (Å²) in [6, 6.07) is 0. The monoisotopic (exact) mass is 505 g/mol. The smallest absolute Gasteiger partial charge is 0.390 e. The fraction of sp³-hybridized carbons (Fsp3) is 0.545. The Bertz CT molecular complexity index is 1170. The van der Waals surface area contributed by atoms with Gasteiger partial charge in [0.1, 0.15) is 17.8 Å². The number of nitrogens with one attached hydrogen (secondary N) is 1. The number of aryl methyl sites for hydroxylation is 1. The van der Waals surface area contributed by atoms with Crippen molar-refractivity contribution in [1.29, 1.82) is 5.41 Å². The van der Waals surface area contributed by atoms with Crippen molar-refractivity contribution in [2.75, 3.05) is 6.61 Å². The molecule has 0 aliphatic carbocycles. The van der Waals surface area contributed by atoms with Crippen molar-refractivity contribution in [3.8, 4) is 0 Å².